The molecule has 1 aromatic heterocycles. The van der Waals surface area contributed by atoms with Crippen molar-refractivity contribution in [2.45, 2.75) is 0 Å². The smallest absolute Gasteiger partial charge is 0.277 e. The quantitative estimate of drug-likeness (QED) is 0.772. The first-order valence-electron chi connectivity index (χ1n) is 4.08. The number of fused-ring (bicyclic) bond motifs is 1. The van der Waals surface area contributed by atoms with Crippen molar-refractivity contribution in [3.8, 4) is 0 Å². The number of benzene rings is 1. The van der Waals surface area contributed by atoms with Gasteiger partial charge in [-0.05, 0) is 18.2 Å². The summed E-state index contributed by atoms with van der Waals surface area (Å²) in [5, 5.41) is 0.228. The van der Waals surface area contributed by atoms with Crippen LogP contribution in [0.25, 0.3) is 10.2 Å². The van der Waals surface area contributed by atoms with Gasteiger partial charge in [-0.25, -0.2) is 4.98 Å². The average molecular weight is 221 g/mol. The highest BCUT2D eigenvalue weighted by Crippen LogP contribution is 2.22. The number of rotatable bonds is 2. The Bertz CT molecular complexity index is 549. The maximum Gasteiger partial charge on any atom is 0.277 e. The average Bonchev–Trinajstić information content (AvgIpc) is 2.59. The standard InChI is InChI=1S/C9H7N3O2S/c10-7(13)4-1-2-5-6(3-4)15-9(12-5)8(11)14/h1-3H,(H2,10,13)(H2,11,14). The van der Waals surface area contributed by atoms with E-state index in [9.17, 15) is 9.59 Å². The Kier molecular flexibility index (Phi) is 2.12. The highest BCUT2D eigenvalue weighted by atomic mass is 32.1. The fraction of sp³-hybridized carbons (Fsp3) is 0. The van der Waals surface area contributed by atoms with E-state index < -0.39 is 11.8 Å². The fourth-order valence-electron chi connectivity index (χ4n) is 1.18. The first-order valence-corrected chi connectivity index (χ1v) is 4.90. The van der Waals surface area contributed by atoms with Crippen LogP contribution >= 0.6 is 11.3 Å². The first-order chi connectivity index (χ1) is 7.08. The first kappa shape index (κ1) is 9.60. The number of thiazole rings is 1. The molecule has 5 nitrogen and oxygen atoms in total. The highest BCUT2D eigenvalue weighted by molar-refractivity contribution is 7.20. The Morgan fingerprint density at radius 3 is 2.53 bits per heavy atom. The van der Waals surface area contributed by atoms with E-state index in [-0.39, 0.29) is 5.01 Å². The van der Waals surface area contributed by atoms with E-state index in [0.717, 1.165) is 16.0 Å². The van der Waals surface area contributed by atoms with Gasteiger partial charge in [0.05, 0.1) is 10.2 Å². The van der Waals surface area contributed by atoms with E-state index in [1.165, 1.54) is 0 Å². The lowest BCUT2D eigenvalue weighted by Gasteiger charge is -1.92. The number of carbonyl (C=O) groups is 2. The van der Waals surface area contributed by atoms with Gasteiger partial charge in [0.15, 0.2) is 5.01 Å². The minimum absolute atomic E-state index is 0.228. The van der Waals surface area contributed by atoms with Crippen molar-refractivity contribution >= 4 is 33.4 Å². The van der Waals surface area contributed by atoms with Crippen LogP contribution in [0.15, 0.2) is 18.2 Å². The number of hydrogen-bond acceptors (Lipinski definition) is 4. The number of nitrogens with two attached hydrogens (primary N) is 2. The second-order valence-electron chi connectivity index (χ2n) is 2.93. The monoisotopic (exact) mass is 221 g/mol. The van der Waals surface area contributed by atoms with E-state index in [4.69, 9.17) is 11.5 Å². The molecule has 0 radical (unpaired) electrons. The maximum absolute atomic E-state index is 10.9. The minimum atomic E-state index is -0.572. The van der Waals surface area contributed by atoms with Crippen molar-refractivity contribution in [2.75, 3.05) is 0 Å². The summed E-state index contributed by atoms with van der Waals surface area (Å²) in [4.78, 5) is 25.8. The summed E-state index contributed by atoms with van der Waals surface area (Å²) < 4.78 is 0.722. The van der Waals surface area contributed by atoms with Gasteiger partial charge in [-0.2, -0.15) is 0 Å². The molecule has 2 aromatic rings. The summed E-state index contributed by atoms with van der Waals surface area (Å²) in [6, 6.07) is 4.80. The lowest BCUT2D eigenvalue weighted by molar-refractivity contribution is 0.0992. The molecule has 0 saturated heterocycles. The molecule has 0 bridgehead atoms. The van der Waals surface area contributed by atoms with Crippen LogP contribution in [0.1, 0.15) is 20.2 Å². The molecule has 2 rings (SSSR count). The summed E-state index contributed by atoms with van der Waals surface area (Å²) in [5.74, 6) is -1.08. The van der Waals surface area contributed by atoms with Crippen LogP contribution in [0.3, 0.4) is 0 Å². The predicted molar refractivity (Wildman–Crippen MR) is 56.7 cm³/mol. The van der Waals surface area contributed by atoms with Crippen LogP contribution in [0.2, 0.25) is 0 Å². The summed E-state index contributed by atoms with van der Waals surface area (Å²) in [7, 11) is 0. The summed E-state index contributed by atoms with van der Waals surface area (Å²) in [6.45, 7) is 0. The van der Waals surface area contributed by atoms with Crippen LogP contribution in [0.4, 0.5) is 0 Å². The number of nitrogens with zero attached hydrogens (tertiary/aromatic N) is 1. The molecule has 0 fully saturated rings. The third-order valence-corrected chi connectivity index (χ3v) is 2.92. The van der Waals surface area contributed by atoms with Gasteiger partial charge in [0.2, 0.25) is 5.91 Å². The minimum Gasteiger partial charge on any atom is -0.366 e. The molecular formula is C9H7N3O2S. The number of hydrogen-bond donors (Lipinski definition) is 2. The molecule has 1 aromatic carbocycles. The van der Waals surface area contributed by atoms with E-state index >= 15 is 0 Å². The molecule has 4 N–H and O–H groups in total. The zero-order valence-corrected chi connectivity index (χ0v) is 8.38. The molecule has 0 aliphatic heterocycles. The molecule has 76 valence electrons. The molecule has 6 heteroatoms. The molecule has 0 unspecified atom stereocenters. The van der Waals surface area contributed by atoms with Crippen LogP contribution < -0.4 is 11.5 Å². The van der Waals surface area contributed by atoms with Crippen molar-refractivity contribution in [3.05, 3.63) is 28.8 Å². The fourth-order valence-corrected chi connectivity index (χ4v) is 2.04. The third-order valence-electron chi connectivity index (χ3n) is 1.88. The topological polar surface area (TPSA) is 99.1 Å². The lowest BCUT2D eigenvalue weighted by atomic mass is 10.2. The Morgan fingerprint density at radius 1 is 1.20 bits per heavy atom. The zero-order chi connectivity index (χ0) is 11.0. The van der Waals surface area contributed by atoms with Crippen molar-refractivity contribution < 1.29 is 9.59 Å². The van der Waals surface area contributed by atoms with Crippen molar-refractivity contribution in [3.63, 3.8) is 0 Å². The van der Waals surface area contributed by atoms with Gasteiger partial charge in [0.25, 0.3) is 5.91 Å². The largest absolute Gasteiger partial charge is 0.366 e. The maximum atomic E-state index is 10.9. The SMILES string of the molecule is NC(=O)c1ccc2nc(C(N)=O)sc2c1. The van der Waals surface area contributed by atoms with Crippen molar-refractivity contribution in [1.29, 1.82) is 0 Å². The Hall–Kier alpha value is -1.95. The molecule has 0 aliphatic carbocycles. The summed E-state index contributed by atoms with van der Waals surface area (Å²) in [5.41, 5.74) is 11.2. The van der Waals surface area contributed by atoms with E-state index in [0.29, 0.717) is 11.1 Å². The van der Waals surface area contributed by atoms with Gasteiger partial charge in [0, 0.05) is 5.56 Å². The van der Waals surface area contributed by atoms with Gasteiger partial charge in [-0.15, -0.1) is 11.3 Å². The Labute approximate surface area is 88.7 Å². The molecular weight excluding hydrogens is 214 g/mol. The van der Waals surface area contributed by atoms with E-state index in [1.54, 1.807) is 18.2 Å². The van der Waals surface area contributed by atoms with Crippen molar-refractivity contribution in [2.24, 2.45) is 11.5 Å². The van der Waals surface area contributed by atoms with Crippen LogP contribution in [-0.4, -0.2) is 16.8 Å². The second-order valence-corrected chi connectivity index (χ2v) is 3.96. The van der Waals surface area contributed by atoms with Crippen molar-refractivity contribution in [1.82, 2.24) is 4.98 Å². The number of aromatic nitrogens is 1. The normalized spacial score (nSPS) is 10.4. The van der Waals surface area contributed by atoms with E-state index in [1.807, 2.05) is 0 Å². The summed E-state index contributed by atoms with van der Waals surface area (Å²) in [6.07, 6.45) is 0. The Morgan fingerprint density at radius 2 is 1.93 bits per heavy atom. The number of amides is 2. The molecule has 0 spiro atoms. The van der Waals surface area contributed by atoms with E-state index in [2.05, 4.69) is 4.98 Å². The summed E-state index contributed by atoms with van der Waals surface area (Å²) >= 11 is 1.14. The molecule has 0 saturated carbocycles. The third kappa shape index (κ3) is 1.66. The number of carbonyl (C=O) groups excluding carboxylic acids is 2. The zero-order valence-electron chi connectivity index (χ0n) is 7.56. The van der Waals surface area contributed by atoms with Gasteiger partial charge >= 0.3 is 0 Å². The molecule has 15 heavy (non-hydrogen) atoms. The van der Waals surface area contributed by atoms with Crippen LogP contribution in [0, 0.1) is 0 Å². The lowest BCUT2D eigenvalue weighted by Crippen LogP contribution is -2.10. The molecule has 0 aliphatic rings. The van der Waals surface area contributed by atoms with Gasteiger partial charge in [-0.3, -0.25) is 9.59 Å². The predicted octanol–water partition coefficient (Wildman–Crippen LogP) is 0.494. The molecule has 1 heterocycles. The number of primary amides is 2. The highest BCUT2D eigenvalue weighted by Gasteiger charge is 2.10. The van der Waals surface area contributed by atoms with Gasteiger partial charge in [-0.1, -0.05) is 0 Å². The Balaban J connectivity index is 2.62. The second kappa shape index (κ2) is 3.32. The van der Waals surface area contributed by atoms with Crippen LogP contribution in [-0.2, 0) is 0 Å². The molecule has 2 amide bonds. The molecule has 0 atom stereocenters. The van der Waals surface area contributed by atoms with Gasteiger partial charge in [0.1, 0.15) is 0 Å². The van der Waals surface area contributed by atoms with Crippen LogP contribution in [0.5, 0.6) is 0 Å². The van der Waals surface area contributed by atoms with Gasteiger partial charge < -0.3 is 11.5 Å².